The van der Waals surface area contributed by atoms with Crippen molar-refractivity contribution in [1.29, 1.82) is 0 Å². The molecule has 0 bridgehead atoms. The van der Waals surface area contributed by atoms with Gasteiger partial charge in [0, 0.05) is 10.6 Å². The molecule has 3 aromatic rings. The number of unbranched alkanes of at least 4 members (excludes halogenated alkanes) is 1. The van der Waals surface area contributed by atoms with E-state index in [0.717, 1.165) is 47.1 Å². The number of carboxylic acid groups (broad SMARTS) is 1. The first-order chi connectivity index (χ1) is 18.3. The van der Waals surface area contributed by atoms with Gasteiger partial charge in [0.1, 0.15) is 6.04 Å². The number of carbonyl (C=O) groups is 2. The number of thioether (sulfide) groups is 1. The maximum absolute atomic E-state index is 13.3. The fourth-order valence-electron chi connectivity index (χ4n) is 4.35. The highest BCUT2D eigenvalue weighted by molar-refractivity contribution is 7.98. The van der Waals surface area contributed by atoms with E-state index in [1.54, 1.807) is 17.8 Å². The molecule has 0 fully saturated rings. The van der Waals surface area contributed by atoms with E-state index in [0.29, 0.717) is 29.4 Å². The molecule has 0 aliphatic heterocycles. The van der Waals surface area contributed by atoms with E-state index in [2.05, 4.69) is 12.2 Å². The van der Waals surface area contributed by atoms with Gasteiger partial charge < -0.3 is 15.2 Å². The van der Waals surface area contributed by atoms with Crippen LogP contribution in [0.25, 0.3) is 11.1 Å². The molecule has 3 rings (SSSR count). The van der Waals surface area contributed by atoms with E-state index in [4.69, 9.17) is 16.3 Å². The zero-order chi connectivity index (χ0) is 27.5. The molecule has 0 unspecified atom stereocenters. The Balaban J connectivity index is 1.90. The van der Waals surface area contributed by atoms with E-state index in [1.807, 2.05) is 73.8 Å². The Bertz CT molecular complexity index is 1230. The first-order valence-corrected chi connectivity index (χ1v) is 14.7. The minimum Gasteiger partial charge on any atom is -0.480 e. The zero-order valence-corrected chi connectivity index (χ0v) is 23.8. The van der Waals surface area contributed by atoms with Crippen LogP contribution >= 0.6 is 23.4 Å². The Labute approximate surface area is 234 Å². The van der Waals surface area contributed by atoms with Gasteiger partial charge >= 0.3 is 5.97 Å². The molecule has 0 aromatic heterocycles. The Morgan fingerprint density at radius 1 is 1.03 bits per heavy atom. The number of benzene rings is 3. The van der Waals surface area contributed by atoms with Crippen molar-refractivity contribution in [3.05, 3.63) is 94.0 Å². The summed E-state index contributed by atoms with van der Waals surface area (Å²) in [6.07, 6.45) is 5.16. The lowest BCUT2D eigenvalue weighted by Gasteiger charge is -2.20. The van der Waals surface area contributed by atoms with Gasteiger partial charge in [-0.15, -0.1) is 0 Å². The molecule has 0 heterocycles. The van der Waals surface area contributed by atoms with Crippen LogP contribution in [0.15, 0.2) is 66.7 Å². The maximum Gasteiger partial charge on any atom is 0.326 e. The highest BCUT2D eigenvalue weighted by atomic mass is 35.5. The minimum atomic E-state index is -1.03. The summed E-state index contributed by atoms with van der Waals surface area (Å²) in [5.41, 5.74) is 5.12. The monoisotopic (exact) mass is 553 g/mol. The highest BCUT2D eigenvalue weighted by Gasteiger charge is 2.23. The maximum atomic E-state index is 13.3. The van der Waals surface area contributed by atoms with Gasteiger partial charge in [0.15, 0.2) is 0 Å². The topological polar surface area (TPSA) is 75.6 Å². The summed E-state index contributed by atoms with van der Waals surface area (Å²) in [5, 5.41) is 13.0. The average Bonchev–Trinajstić information content (AvgIpc) is 2.91. The highest BCUT2D eigenvalue weighted by Crippen LogP contribution is 2.31. The number of nitrogens with one attached hydrogen (secondary N) is 1. The van der Waals surface area contributed by atoms with E-state index < -0.39 is 17.9 Å². The van der Waals surface area contributed by atoms with Gasteiger partial charge in [0.25, 0.3) is 5.91 Å². The first kappa shape index (κ1) is 29.8. The Kier molecular flexibility index (Phi) is 11.7. The molecular formula is C31H36ClNO4S. The van der Waals surface area contributed by atoms with Crippen LogP contribution in [-0.4, -0.2) is 35.0 Å². The lowest BCUT2D eigenvalue weighted by Crippen LogP contribution is -2.41. The lowest BCUT2D eigenvalue weighted by atomic mass is 9.93. The van der Waals surface area contributed by atoms with Crippen molar-refractivity contribution in [2.24, 2.45) is 0 Å². The van der Waals surface area contributed by atoms with Crippen LogP contribution in [0, 0.1) is 6.92 Å². The number of aryl methyl sites for hydroxylation is 1. The molecule has 0 saturated carbocycles. The molecule has 0 aliphatic rings. The number of halogens is 1. The predicted octanol–water partition coefficient (Wildman–Crippen LogP) is 7.70. The van der Waals surface area contributed by atoms with Gasteiger partial charge in [-0.3, -0.25) is 4.79 Å². The van der Waals surface area contributed by atoms with Gasteiger partial charge in [0.2, 0.25) is 0 Å². The summed E-state index contributed by atoms with van der Waals surface area (Å²) in [6, 6.07) is 20.3. The second-order valence-electron chi connectivity index (χ2n) is 9.34. The number of hydrogen-bond acceptors (Lipinski definition) is 4. The zero-order valence-electron chi connectivity index (χ0n) is 22.2. The average molecular weight is 554 g/mol. The molecular weight excluding hydrogens is 518 g/mol. The Hall–Kier alpha value is -2.80. The number of amides is 1. The van der Waals surface area contributed by atoms with Gasteiger partial charge in [0.05, 0.1) is 12.7 Å². The SMILES string of the molecule is CCCC[C@@H](OCc1ccc(C(=O)N[C@@H](CCSC)C(=O)O)c(-c2ccccc2C)c1)c1cccc(Cl)c1. The van der Waals surface area contributed by atoms with Crippen LogP contribution in [-0.2, 0) is 16.1 Å². The first-order valence-electron chi connectivity index (χ1n) is 12.9. The molecule has 1 amide bonds. The molecule has 3 aromatic carbocycles. The number of ether oxygens (including phenoxy) is 1. The molecule has 202 valence electrons. The van der Waals surface area contributed by atoms with E-state index in [9.17, 15) is 14.7 Å². The van der Waals surface area contributed by atoms with Crippen molar-refractivity contribution in [2.75, 3.05) is 12.0 Å². The smallest absolute Gasteiger partial charge is 0.326 e. The quantitative estimate of drug-likeness (QED) is 0.214. The van der Waals surface area contributed by atoms with Gasteiger partial charge in [-0.05, 0) is 83.9 Å². The van der Waals surface area contributed by atoms with Gasteiger partial charge in [-0.1, -0.05) is 73.8 Å². The van der Waals surface area contributed by atoms with Crippen molar-refractivity contribution < 1.29 is 19.4 Å². The fourth-order valence-corrected chi connectivity index (χ4v) is 5.02. The number of hydrogen-bond donors (Lipinski definition) is 2. The third-order valence-electron chi connectivity index (χ3n) is 6.47. The fraction of sp³-hybridized carbons (Fsp3) is 0.355. The van der Waals surface area contributed by atoms with Crippen molar-refractivity contribution >= 4 is 35.2 Å². The molecule has 2 atom stereocenters. The van der Waals surface area contributed by atoms with Gasteiger partial charge in [-0.25, -0.2) is 4.79 Å². The van der Waals surface area contributed by atoms with Crippen LogP contribution in [0.4, 0.5) is 0 Å². The normalized spacial score (nSPS) is 12.6. The van der Waals surface area contributed by atoms with Crippen molar-refractivity contribution in [3.8, 4) is 11.1 Å². The van der Waals surface area contributed by atoms with Crippen LogP contribution in [0.5, 0.6) is 0 Å². The number of rotatable bonds is 14. The van der Waals surface area contributed by atoms with Crippen molar-refractivity contribution in [1.82, 2.24) is 5.32 Å². The molecule has 2 N–H and O–H groups in total. The molecule has 0 aliphatic carbocycles. The van der Waals surface area contributed by atoms with Crippen molar-refractivity contribution in [3.63, 3.8) is 0 Å². The Morgan fingerprint density at radius 3 is 2.50 bits per heavy atom. The van der Waals surface area contributed by atoms with Gasteiger partial charge in [-0.2, -0.15) is 11.8 Å². The Morgan fingerprint density at radius 2 is 1.82 bits per heavy atom. The third-order valence-corrected chi connectivity index (χ3v) is 7.35. The van der Waals surface area contributed by atoms with Crippen LogP contribution in [0.2, 0.25) is 5.02 Å². The summed E-state index contributed by atoms with van der Waals surface area (Å²) in [7, 11) is 0. The lowest BCUT2D eigenvalue weighted by molar-refractivity contribution is -0.139. The molecule has 38 heavy (non-hydrogen) atoms. The summed E-state index contributed by atoms with van der Waals surface area (Å²) in [4.78, 5) is 25.1. The number of aliphatic carboxylic acids is 1. The second-order valence-corrected chi connectivity index (χ2v) is 10.8. The summed E-state index contributed by atoms with van der Waals surface area (Å²) >= 11 is 7.79. The molecule has 7 heteroatoms. The van der Waals surface area contributed by atoms with Crippen LogP contribution in [0.3, 0.4) is 0 Å². The minimum absolute atomic E-state index is 0.0914. The van der Waals surface area contributed by atoms with E-state index >= 15 is 0 Å². The van der Waals surface area contributed by atoms with Crippen LogP contribution < -0.4 is 5.32 Å². The largest absolute Gasteiger partial charge is 0.480 e. The summed E-state index contributed by atoms with van der Waals surface area (Å²) in [5.74, 6) is -0.790. The molecule has 5 nitrogen and oxygen atoms in total. The summed E-state index contributed by atoms with van der Waals surface area (Å²) in [6.45, 7) is 4.52. The van der Waals surface area contributed by atoms with E-state index in [-0.39, 0.29) is 6.10 Å². The number of carbonyl (C=O) groups excluding carboxylic acids is 1. The molecule has 0 saturated heterocycles. The molecule has 0 spiro atoms. The predicted molar refractivity (Wildman–Crippen MR) is 157 cm³/mol. The number of carboxylic acids is 1. The third kappa shape index (κ3) is 8.35. The second kappa shape index (κ2) is 15.0. The standard InChI is InChI=1S/C31H36ClNO4S/c1-4-5-13-29(23-10-8-11-24(32)19-23)37-20-22-14-15-26(27(18-22)25-12-7-6-9-21(25)2)30(34)33-28(31(35)36)16-17-38-3/h6-12,14-15,18-19,28-29H,4-5,13,16-17,20H2,1-3H3,(H,33,34)(H,35,36)/t28-,29+/m0/s1. The van der Waals surface area contributed by atoms with Crippen LogP contribution in [0.1, 0.15) is 65.8 Å². The van der Waals surface area contributed by atoms with E-state index in [1.165, 1.54) is 0 Å². The van der Waals surface area contributed by atoms with Crippen molar-refractivity contribution in [2.45, 2.75) is 58.3 Å². The summed E-state index contributed by atoms with van der Waals surface area (Å²) < 4.78 is 6.39. The molecule has 0 radical (unpaired) electrons.